The van der Waals surface area contributed by atoms with Gasteiger partial charge in [-0.15, -0.1) is 0 Å². The van der Waals surface area contributed by atoms with Crippen molar-refractivity contribution in [2.24, 2.45) is 0 Å². The van der Waals surface area contributed by atoms with E-state index >= 15 is 0 Å². The molecule has 0 amide bonds. The first-order chi connectivity index (χ1) is 7.38. The van der Waals surface area contributed by atoms with Crippen LogP contribution < -0.4 is 5.73 Å². The molecule has 1 aliphatic rings. The second-order valence-electron chi connectivity index (χ2n) is 3.54. The summed E-state index contributed by atoms with van der Waals surface area (Å²) in [6.45, 7) is 0. The average molecular weight is 239 g/mol. The largest absolute Gasteiger partial charge is 0.399 e. The van der Waals surface area contributed by atoms with Gasteiger partial charge >= 0.3 is 0 Å². The fourth-order valence-corrected chi connectivity index (χ4v) is 2.22. The van der Waals surface area contributed by atoms with Crippen LogP contribution in [0.2, 0.25) is 0 Å². The third kappa shape index (κ3) is 1.84. The van der Waals surface area contributed by atoms with Crippen molar-refractivity contribution in [3.05, 3.63) is 40.3 Å². The molecule has 84 valence electrons. The lowest BCUT2D eigenvalue weighted by atomic mass is 9.95. The molecule has 2 rings (SSSR count). The topological polar surface area (TPSA) is 97.5 Å². The fraction of sp³-hybridized carbons (Fsp3) is 0.100. The predicted molar refractivity (Wildman–Crippen MR) is 58.5 cm³/mol. The van der Waals surface area contributed by atoms with Crippen LogP contribution in [0.1, 0.15) is 15.9 Å². The van der Waals surface area contributed by atoms with Crippen LogP contribution in [0.5, 0.6) is 0 Å². The highest BCUT2D eigenvalue weighted by atomic mass is 32.2. The van der Waals surface area contributed by atoms with E-state index in [1.807, 2.05) is 0 Å². The van der Waals surface area contributed by atoms with Gasteiger partial charge in [0.05, 0.1) is 4.91 Å². The number of allylic oxidation sites excluding steroid dienone is 2. The van der Waals surface area contributed by atoms with Crippen LogP contribution in [0.3, 0.4) is 0 Å². The molecule has 1 aromatic rings. The minimum Gasteiger partial charge on any atom is -0.399 e. The highest BCUT2D eigenvalue weighted by Crippen LogP contribution is 2.25. The Bertz CT molecular complexity index is 601. The van der Waals surface area contributed by atoms with Crippen LogP contribution in [0.15, 0.2) is 29.2 Å². The van der Waals surface area contributed by atoms with Gasteiger partial charge in [0.25, 0.3) is 10.1 Å². The van der Waals surface area contributed by atoms with Gasteiger partial charge < -0.3 is 5.73 Å². The molecule has 0 atom stereocenters. The molecule has 0 aromatic heterocycles. The monoisotopic (exact) mass is 239 g/mol. The molecule has 0 aliphatic heterocycles. The summed E-state index contributed by atoms with van der Waals surface area (Å²) in [4.78, 5) is 11.3. The number of hydrogen-bond acceptors (Lipinski definition) is 4. The third-order valence-electron chi connectivity index (χ3n) is 2.38. The lowest BCUT2D eigenvalue weighted by Crippen LogP contribution is -2.15. The van der Waals surface area contributed by atoms with Crippen LogP contribution >= 0.6 is 0 Å². The Morgan fingerprint density at radius 3 is 2.62 bits per heavy atom. The van der Waals surface area contributed by atoms with Crippen molar-refractivity contribution < 1.29 is 17.8 Å². The minimum absolute atomic E-state index is 0.00898. The van der Waals surface area contributed by atoms with Crippen molar-refractivity contribution in [3.8, 4) is 0 Å². The summed E-state index contributed by atoms with van der Waals surface area (Å²) < 4.78 is 30.7. The Morgan fingerprint density at radius 1 is 1.31 bits per heavy atom. The van der Waals surface area contributed by atoms with E-state index in [4.69, 9.17) is 10.3 Å². The summed E-state index contributed by atoms with van der Waals surface area (Å²) in [5, 5.41) is 0. The maximum absolute atomic E-state index is 11.6. The Morgan fingerprint density at radius 2 is 2.00 bits per heavy atom. The van der Waals surface area contributed by atoms with E-state index in [1.165, 1.54) is 6.07 Å². The maximum atomic E-state index is 11.6. The van der Waals surface area contributed by atoms with E-state index in [0.717, 1.165) is 6.08 Å². The number of rotatable bonds is 1. The molecular weight excluding hydrogens is 230 g/mol. The van der Waals surface area contributed by atoms with Gasteiger partial charge in [-0.25, -0.2) is 0 Å². The maximum Gasteiger partial charge on any atom is 0.291 e. The molecule has 0 heterocycles. The quantitative estimate of drug-likeness (QED) is 0.557. The molecular formula is C10H9NO4S. The number of fused-ring (bicyclic) bond motifs is 1. The number of hydrogen-bond donors (Lipinski definition) is 2. The number of nitrogens with two attached hydrogens (primary N) is 1. The molecule has 1 aliphatic carbocycles. The standard InChI is InChI=1S/C10H9NO4S/c11-7-1-2-9-6(3-7)4-8(5-10(9)12)16(13,14)15/h1-3,5H,4,11H2,(H,13,14,15). The predicted octanol–water partition coefficient (Wildman–Crippen LogP) is 0.779. The first kappa shape index (κ1) is 10.8. The number of benzene rings is 1. The summed E-state index contributed by atoms with van der Waals surface area (Å²) in [5.74, 6) is -0.436. The first-order valence-electron chi connectivity index (χ1n) is 4.49. The molecule has 5 nitrogen and oxygen atoms in total. The Kier molecular flexibility index (Phi) is 2.32. The van der Waals surface area contributed by atoms with E-state index in [9.17, 15) is 13.2 Å². The molecule has 1 aromatic carbocycles. The van der Waals surface area contributed by atoms with Crippen LogP contribution in [0.4, 0.5) is 5.69 Å². The van der Waals surface area contributed by atoms with Gasteiger partial charge in [-0.05, 0) is 23.8 Å². The number of carbonyl (C=O) groups excluding carboxylic acids is 1. The summed E-state index contributed by atoms with van der Waals surface area (Å²) in [7, 11) is -4.31. The molecule has 16 heavy (non-hydrogen) atoms. The molecule has 6 heteroatoms. The Labute approximate surface area is 92.3 Å². The molecule has 0 saturated heterocycles. The second-order valence-corrected chi connectivity index (χ2v) is 5.02. The van der Waals surface area contributed by atoms with E-state index in [-0.39, 0.29) is 11.3 Å². The van der Waals surface area contributed by atoms with E-state index in [1.54, 1.807) is 12.1 Å². The third-order valence-corrected chi connectivity index (χ3v) is 3.31. The minimum atomic E-state index is -4.31. The van der Waals surface area contributed by atoms with Crippen LogP contribution in [-0.2, 0) is 16.5 Å². The van der Waals surface area contributed by atoms with Gasteiger partial charge in [0, 0.05) is 23.7 Å². The van der Waals surface area contributed by atoms with Crippen molar-refractivity contribution in [1.82, 2.24) is 0 Å². The fourth-order valence-electron chi connectivity index (χ4n) is 1.63. The smallest absolute Gasteiger partial charge is 0.291 e. The van der Waals surface area contributed by atoms with Crippen molar-refractivity contribution in [2.45, 2.75) is 6.42 Å². The van der Waals surface area contributed by atoms with Crippen LogP contribution in [0.25, 0.3) is 0 Å². The number of ketones is 1. The van der Waals surface area contributed by atoms with Gasteiger partial charge in [-0.3, -0.25) is 9.35 Å². The molecule has 0 spiro atoms. The summed E-state index contributed by atoms with van der Waals surface area (Å²) in [5.41, 5.74) is 6.92. The van der Waals surface area contributed by atoms with Crippen LogP contribution in [0, 0.1) is 0 Å². The first-order valence-corrected chi connectivity index (χ1v) is 5.93. The molecule has 0 bridgehead atoms. The lowest BCUT2D eigenvalue weighted by Gasteiger charge is -2.14. The molecule has 3 N–H and O–H groups in total. The normalized spacial score (nSPS) is 15.6. The summed E-state index contributed by atoms with van der Waals surface area (Å²) >= 11 is 0. The summed E-state index contributed by atoms with van der Waals surface area (Å²) in [6.07, 6.45) is 0.929. The number of carbonyl (C=O) groups is 1. The van der Waals surface area contributed by atoms with E-state index in [2.05, 4.69) is 0 Å². The molecule has 0 saturated carbocycles. The second kappa shape index (κ2) is 3.43. The van der Waals surface area contributed by atoms with E-state index < -0.39 is 15.9 Å². The van der Waals surface area contributed by atoms with Crippen molar-refractivity contribution in [1.29, 1.82) is 0 Å². The van der Waals surface area contributed by atoms with Gasteiger partial charge in [0.1, 0.15) is 0 Å². The zero-order chi connectivity index (χ0) is 11.9. The zero-order valence-electron chi connectivity index (χ0n) is 8.17. The van der Waals surface area contributed by atoms with Crippen LogP contribution in [-0.4, -0.2) is 18.8 Å². The zero-order valence-corrected chi connectivity index (χ0v) is 8.99. The van der Waals surface area contributed by atoms with Gasteiger partial charge in [0.15, 0.2) is 5.78 Å². The molecule has 0 fully saturated rings. The van der Waals surface area contributed by atoms with Crippen molar-refractivity contribution >= 4 is 21.6 Å². The highest BCUT2D eigenvalue weighted by Gasteiger charge is 2.24. The number of anilines is 1. The molecule has 0 unspecified atom stereocenters. The summed E-state index contributed by atoms with van der Waals surface area (Å²) in [6, 6.07) is 4.65. The SMILES string of the molecule is Nc1ccc2c(c1)CC(S(=O)(=O)O)=CC2=O. The highest BCUT2D eigenvalue weighted by molar-refractivity contribution is 7.89. The van der Waals surface area contributed by atoms with E-state index in [0.29, 0.717) is 16.8 Å². The van der Waals surface area contributed by atoms with Gasteiger partial charge in [-0.1, -0.05) is 0 Å². The Hall–Kier alpha value is -1.66. The number of nitrogen functional groups attached to an aromatic ring is 1. The molecule has 0 radical (unpaired) electrons. The van der Waals surface area contributed by atoms with Crippen molar-refractivity contribution in [2.75, 3.05) is 5.73 Å². The lowest BCUT2D eigenvalue weighted by molar-refractivity contribution is 0.104. The van der Waals surface area contributed by atoms with Crippen molar-refractivity contribution in [3.63, 3.8) is 0 Å². The Balaban J connectivity index is 2.55. The van der Waals surface area contributed by atoms with Gasteiger partial charge in [0.2, 0.25) is 0 Å². The average Bonchev–Trinajstić information content (AvgIpc) is 2.15. The van der Waals surface area contributed by atoms with Gasteiger partial charge in [-0.2, -0.15) is 8.42 Å².